The molecule has 5 heteroatoms. The lowest BCUT2D eigenvalue weighted by molar-refractivity contribution is -0.175. The van der Waals surface area contributed by atoms with Crippen LogP contribution < -0.4 is 0 Å². The van der Waals surface area contributed by atoms with Gasteiger partial charge in [-0.05, 0) is 112 Å². The first kappa shape index (κ1) is 31.2. The third-order valence-corrected chi connectivity index (χ3v) is 13.3. The fourth-order valence-corrected chi connectivity index (χ4v) is 10.9. The van der Waals surface area contributed by atoms with Gasteiger partial charge in [-0.15, -0.1) is 0 Å². The summed E-state index contributed by atoms with van der Waals surface area (Å²) < 4.78 is 5.72. The van der Waals surface area contributed by atoms with Crippen LogP contribution in [0, 0.1) is 61.6 Å². The summed E-state index contributed by atoms with van der Waals surface area (Å²) in [4.78, 5) is 40.8. The van der Waals surface area contributed by atoms with E-state index < -0.39 is 16.4 Å². The van der Waals surface area contributed by atoms with Gasteiger partial charge in [0.2, 0.25) is 0 Å². The van der Waals surface area contributed by atoms with Gasteiger partial charge in [-0.3, -0.25) is 14.4 Å². The largest absolute Gasteiger partial charge is 0.460 e. The molecule has 0 heterocycles. The Bertz CT molecular complexity index is 1320. The Labute approximate surface area is 253 Å². The molecular formula is C37H53NO4. The van der Waals surface area contributed by atoms with Gasteiger partial charge in [-0.2, -0.15) is 5.26 Å². The molecule has 3 saturated carbocycles. The highest BCUT2D eigenvalue weighted by Crippen LogP contribution is 2.75. The average molecular weight is 576 g/mol. The molecule has 0 radical (unpaired) electrons. The van der Waals surface area contributed by atoms with Gasteiger partial charge in [0.15, 0.2) is 11.6 Å². The first-order valence-electron chi connectivity index (χ1n) is 16.3. The van der Waals surface area contributed by atoms with E-state index in [1.54, 1.807) is 0 Å². The topological polar surface area (TPSA) is 84.2 Å². The van der Waals surface area contributed by atoms with Gasteiger partial charge in [-0.1, -0.05) is 60.1 Å². The number of carbonyl (C=O) groups is 3. The Morgan fingerprint density at radius 2 is 1.64 bits per heavy atom. The van der Waals surface area contributed by atoms with Gasteiger partial charge < -0.3 is 4.74 Å². The van der Waals surface area contributed by atoms with Crippen molar-refractivity contribution >= 4 is 17.5 Å². The van der Waals surface area contributed by atoms with Crippen molar-refractivity contribution in [3.05, 3.63) is 23.3 Å². The second kappa shape index (κ2) is 9.39. The molecule has 0 saturated heterocycles. The van der Waals surface area contributed by atoms with Crippen molar-refractivity contribution < 1.29 is 19.1 Å². The third kappa shape index (κ3) is 4.40. The van der Waals surface area contributed by atoms with Crippen LogP contribution in [0.1, 0.15) is 127 Å². The van der Waals surface area contributed by atoms with Gasteiger partial charge in [0.25, 0.3) is 0 Å². The number of carbonyl (C=O) groups excluding carboxylic acids is 3. The zero-order valence-electron chi connectivity index (χ0n) is 27.8. The molecule has 5 aliphatic rings. The SMILES string of the molecule is CC1(C)CCC2(CCC(=O)OC(C)(C)C)CCC3(C)C(C(=O)C=C4C5(C)C=C(C#N)C(=O)C(C)(C)C5CCC43C)C2C1. The number of hydrogen-bond acceptors (Lipinski definition) is 5. The lowest BCUT2D eigenvalue weighted by Gasteiger charge is -2.69. The molecule has 0 aromatic heterocycles. The summed E-state index contributed by atoms with van der Waals surface area (Å²) in [6.07, 6.45) is 12.0. The minimum Gasteiger partial charge on any atom is -0.460 e. The van der Waals surface area contributed by atoms with E-state index in [9.17, 15) is 19.6 Å². The number of ether oxygens (including phenoxy) is 1. The Morgan fingerprint density at radius 3 is 2.26 bits per heavy atom. The molecule has 0 N–H and O–H groups in total. The lowest BCUT2D eigenvalue weighted by Crippen LogP contribution is -2.64. The quantitative estimate of drug-likeness (QED) is 0.316. The predicted molar refractivity (Wildman–Crippen MR) is 164 cm³/mol. The van der Waals surface area contributed by atoms with Crippen molar-refractivity contribution in [2.24, 2.45) is 50.2 Å². The molecule has 0 amide bonds. The third-order valence-electron chi connectivity index (χ3n) is 13.3. The number of allylic oxidation sites excluding steroid dienone is 4. The van der Waals surface area contributed by atoms with Crippen LogP contribution in [0.4, 0.5) is 0 Å². The van der Waals surface area contributed by atoms with Crippen LogP contribution >= 0.6 is 0 Å². The van der Waals surface area contributed by atoms with Crippen LogP contribution in [0.2, 0.25) is 0 Å². The normalized spacial score (nSPS) is 42.1. The Kier molecular flexibility index (Phi) is 6.98. The molecule has 3 fully saturated rings. The molecule has 0 aliphatic heterocycles. The number of Topliss-reactive ketones (excluding diaryl/α,β-unsaturated/α-hetero) is 1. The maximum atomic E-state index is 14.6. The summed E-state index contributed by atoms with van der Waals surface area (Å²) in [5.41, 5.74) is -0.652. The highest BCUT2D eigenvalue weighted by Gasteiger charge is 2.69. The highest BCUT2D eigenvalue weighted by atomic mass is 16.6. The van der Waals surface area contributed by atoms with E-state index >= 15 is 0 Å². The molecule has 7 unspecified atom stereocenters. The van der Waals surface area contributed by atoms with E-state index in [1.807, 2.05) is 46.8 Å². The van der Waals surface area contributed by atoms with Crippen LogP contribution in [0.5, 0.6) is 0 Å². The first-order chi connectivity index (χ1) is 19.2. The molecule has 5 nitrogen and oxygen atoms in total. The second-order valence-corrected chi connectivity index (χ2v) is 17.7. The Morgan fingerprint density at radius 1 is 1.00 bits per heavy atom. The van der Waals surface area contributed by atoms with E-state index in [0.29, 0.717) is 6.42 Å². The minimum atomic E-state index is -0.658. The highest BCUT2D eigenvalue weighted by molar-refractivity contribution is 6.04. The molecule has 5 aliphatic carbocycles. The monoisotopic (exact) mass is 575 g/mol. The zero-order chi connectivity index (χ0) is 31.3. The summed E-state index contributed by atoms with van der Waals surface area (Å²) in [7, 11) is 0. The summed E-state index contributed by atoms with van der Waals surface area (Å²) in [5.74, 6) is 0.170. The second-order valence-electron chi connectivity index (χ2n) is 17.7. The number of hydrogen-bond donors (Lipinski definition) is 0. The van der Waals surface area contributed by atoms with E-state index in [4.69, 9.17) is 4.74 Å². The molecule has 0 aromatic rings. The van der Waals surface area contributed by atoms with Crippen LogP contribution in [0.25, 0.3) is 0 Å². The van der Waals surface area contributed by atoms with Crippen LogP contribution in [-0.4, -0.2) is 23.1 Å². The fourth-order valence-electron chi connectivity index (χ4n) is 10.9. The molecule has 0 aromatic carbocycles. The molecule has 230 valence electrons. The molecule has 7 atom stereocenters. The smallest absolute Gasteiger partial charge is 0.306 e. The van der Waals surface area contributed by atoms with E-state index in [2.05, 4.69) is 40.7 Å². The van der Waals surface area contributed by atoms with Gasteiger partial charge in [0.1, 0.15) is 11.7 Å². The number of ketones is 2. The van der Waals surface area contributed by atoms with Gasteiger partial charge >= 0.3 is 5.97 Å². The molecular weight excluding hydrogens is 522 g/mol. The maximum absolute atomic E-state index is 14.6. The van der Waals surface area contributed by atoms with Crippen LogP contribution in [0.3, 0.4) is 0 Å². The van der Waals surface area contributed by atoms with Crippen molar-refractivity contribution in [1.82, 2.24) is 0 Å². The fraction of sp³-hybridized carbons (Fsp3) is 0.784. The number of nitrogens with zero attached hydrogens (tertiary/aromatic N) is 1. The molecule has 0 bridgehead atoms. The minimum absolute atomic E-state index is 0.0395. The molecule has 5 rings (SSSR count). The van der Waals surface area contributed by atoms with Gasteiger partial charge in [-0.25, -0.2) is 0 Å². The average Bonchev–Trinajstić information content (AvgIpc) is 2.85. The van der Waals surface area contributed by atoms with Crippen molar-refractivity contribution in [3.63, 3.8) is 0 Å². The van der Waals surface area contributed by atoms with E-state index in [-0.39, 0.29) is 62.5 Å². The summed E-state index contributed by atoms with van der Waals surface area (Å²) in [6.45, 7) is 21.4. The first-order valence-corrected chi connectivity index (χ1v) is 16.3. The Balaban J connectivity index is 1.59. The molecule has 42 heavy (non-hydrogen) atoms. The van der Waals surface area contributed by atoms with Crippen LogP contribution in [-0.2, 0) is 19.1 Å². The maximum Gasteiger partial charge on any atom is 0.306 e. The standard InChI is InChI=1S/C37H53NO4/c1-31(2,3)42-28(40)12-14-37-17-15-32(4,5)21-24(37)29-25(39)19-27-34(8)20-23(22-38)30(41)33(6,7)26(34)11-13-35(27,9)36(29,10)16-18-37/h19-20,24,26,29H,11-18,21H2,1-10H3. The van der Waals surface area contributed by atoms with Gasteiger partial charge in [0, 0.05) is 23.2 Å². The zero-order valence-corrected chi connectivity index (χ0v) is 27.8. The van der Waals surface area contributed by atoms with E-state index in [0.717, 1.165) is 56.9 Å². The number of nitriles is 1. The Hall–Kier alpha value is -2.22. The van der Waals surface area contributed by atoms with Crippen LogP contribution in [0.15, 0.2) is 23.3 Å². The number of rotatable bonds is 3. The predicted octanol–water partition coefficient (Wildman–Crippen LogP) is 8.33. The van der Waals surface area contributed by atoms with Gasteiger partial charge in [0.05, 0.1) is 5.57 Å². The van der Waals surface area contributed by atoms with E-state index in [1.165, 1.54) is 0 Å². The lowest BCUT2D eigenvalue weighted by atomic mass is 9.34. The summed E-state index contributed by atoms with van der Waals surface area (Å²) >= 11 is 0. The summed E-state index contributed by atoms with van der Waals surface area (Å²) in [5, 5.41) is 9.95. The number of esters is 1. The number of fused-ring (bicyclic) bond motifs is 7. The van der Waals surface area contributed by atoms with Crippen molar-refractivity contribution in [2.45, 2.75) is 133 Å². The summed E-state index contributed by atoms with van der Waals surface area (Å²) in [6, 6.07) is 2.20. The van der Waals surface area contributed by atoms with Crippen molar-refractivity contribution in [3.8, 4) is 6.07 Å². The van der Waals surface area contributed by atoms with Crippen molar-refractivity contribution in [2.75, 3.05) is 0 Å². The van der Waals surface area contributed by atoms with Crippen molar-refractivity contribution in [1.29, 1.82) is 5.26 Å². The molecule has 0 spiro atoms.